The second-order valence-corrected chi connectivity index (χ2v) is 7.79. The van der Waals surface area contributed by atoms with Crippen LogP contribution in [0.5, 0.6) is 0 Å². The zero-order valence-corrected chi connectivity index (χ0v) is 15.5. The van der Waals surface area contributed by atoms with Gasteiger partial charge in [-0.15, -0.1) is 0 Å². The van der Waals surface area contributed by atoms with Gasteiger partial charge in [-0.1, -0.05) is 35.8 Å². The first-order valence-corrected chi connectivity index (χ1v) is 8.56. The summed E-state index contributed by atoms with van der Waals surface area (Å²) in [5.74, 6) is -0.827. The highest BCUT2D eigenvalue weighted by molar-refractivity contribution is 9.10. The van der Waals surface area contributed by atoms with Gasteiger partial charge in [0.15, 0.2) is 0 Å². The van der Waals surface area contributed by atoms with Crippen molar-refractivity contribution in [3.05, 3.63) is 28.7 Å². The molecule has 6 heteroatoms. The summed E-state index contributed by atoms with van der Waals surface area (Å²) < 4.78 is 0.916. The Balaban J connectivity index is 2.08. The van der Waals surface area contributed by atoms with E-state index >= 15 is 0 Å². The first kappa shape index (κ1) is 17.9. The summed E-state index contributed by atoms with van der Waals surface area (Å²) in [7, 11) is 1.74. The lowest BCUT2D eigenvalue weighted by Gasteiger charge is -2.30. The molecule has 2 amide bonds. The number of carbonyl (C=O) groups excluding carboxylic acids is 2. The van der Waals surface area contributed by atoms with Crippen LogP contribution >= 0.6 is 15.9 Å². The Labute approximate surface area is 145 Å². The van der Waals surface area contributed by atoms with Gasteiger partial charge >= 0.3 is 0 Å². The van der Waals surface area contributed by atoms with E-state index in [1.165, 1.54) is 0 Å². The molecule has 0 aromatic heterocycles. The van der Waals surface area contributed by atoms with Crippen LogP contribution in [0.3, 0.4) is 0 Å². The van der Waals surface area contributed by atoms with Crippen molar-refractivity contribution in [2.24, 2.45) is 17.1 Å². The fourth-order valence-corrected chi connectivity index (χ4v) is 3.25. The van der Waals surface area contributed by atoms with Crippen LogP contribution < -0.4 is 10.6 Å². The molecule has 0 spiro atoms. The van der Waals surface area contributed by atoms with Crippen LogP contribution in [0.15, 0.2) is 28.7 Å². The summed E-state index contributed by atoms with van der Waals surface area (Å²) in [4.78, 5) is 28.6. The Hall–Kier alpha value is -1.40. The highest BCUT2D eigenvalue weighted by Crippen LogP contribution is 2.28. The molecule has 1 unspecified atom stereocenters. The number of nitrogens with zero attached hydrogens (tertiary/aromatic N) is 2. The van der Waals surface area contributed by atoms with Crippen molar-refractivity contribution in [2.75, 3.05) is 31.6 Å². The van der Waals surface area contributed by atoms with Gasteiger partial charge in [0.25, 0.3) is 0 Å². The molecule has 0 bridgehead atoms. The smallest absolute Gasteiger partial charge is 0.239 e. The van der Waals surface area contributed by atoms with Crippen molar-refractivity contribution in [2.45, 2.75) is 20.3 Å². The van der Waals surface area contributed by atoms with E-state index in [0.717, 1.165) is 10.2 Å². The fraction of sp³-hybridized carbons (Fsp3) is 0.529. The predicted octanol–water partition coefficient (Wildman–Crippen LogP) is 2.25. The molecule has 1 heterocycles. The molecule has 2 rings (SSSR count). The van der Waals surface area contributed by atoms with Crippen molar-refractivity contribution in [3.63, 3.8) is 0 Å². The number of nitrogens with two attached hydrogens (primary N) is 1. The third-order valence-electron chi connectivity index (χ3n) is 4.22. The van der Waals surface area contributed by atoms with E-state index in [4.69, 9.17) is 5.73 Å². The van der Waals surface area contributed by atoms with Crippen LogP contribution in [-0.2, 0) is 9.59 Å². The van der Waals surface area contributed by atoms with Gasteiger partial charge in [0, 0.05) is 30.3 Å². The molecule has 0 saturated carbocycles. The molecule has 1 atom stereocenters. The molecule has 0 aliphatic carbocycles. The Morgan fingerprint density at radius 1 is 1.48 bits per heavy atom. The van der Waals surface area contributed by atoms with Crippen molar-refractivity contribution in [1.82, 2.24) is 4.90 Å². The molecule has 5 nitrogen and oxygen atoms in total. The minimum atomic E-state index is -0.590. The number of hydrogen-bond acceptors (Lipinski definition) is 3. The van der Waals surface area contributed by atoms with Gasteiger partial charge in [0.05, 0.1) is 0 Å². The Morgan fingerprint density at radius 2 is 2.17 bits per heavy atom. The number of hydrogen-bond donors (Lipinski definition) is 1. The lowest BCUT2D eigenvalue weighted by atomic mass is 9.92. The van der Waals surface area contributed by atoms with Crippen LogP contribution in [-0.4, -0.2) is 43.4 Å². The molecule has 23 heavy (non-hydrogen) atoms. The van der Waals surface area contributed by atoms with E-state index in [1.807, 2.05) is 38.1 Å². The zero-order chi connectivity index (χ0) is 17.2. The summed E-state index contributed by atoms with van der Waals surface area (Å²) in [6, 6.07) is 7.58. The highest BCUT2D eigenvalue weighted by atomic mass is 79.9. The normalized spacial score (nSPS) is 18.4. The molecule has 2 N–H and O–H groups in total. The summed E-state index contributed by atoms with van der Waals surface area (Å²) in [5.41, 5.74) is 6.40. The van der Waals surface area contributed by atoms with Gasteiger partial charge in [0.1, 0.15) is 5.92 Å². The second kappa shape index (κ2) is 7.01. The summed E-state index contributed by atoms with van der Waals surface area (Å²) in [6.07, 6.45) is 0.553. The number of amides is 2. The SMILES string of the molecule is CN(CC(C)(C)CN)C(=O)C1CCN(c2cccc(Br)c2)C1=O. The van der Waals surface area contributed by atoms with Crippen LogP contribution in [0.1, 0.15) is 20.3 Å². The van der Waals surface area contributed by atoms with Crippen LogP contribution in [0, 0.1) is 11.3 Å². The third-order valence-corrected chi connectivity index (χ3v) is 4.71. The van der Waals surface area contributed by atoms with Gasteiger partial charge in [-0.05, 0) is 36.6 Å². The molecule has 1 aromatic carbocycles. The topological polar surface area (TPSA) is 66.6 Å². The second-order valence-electron chi connectivity index (χ2n) is 6.87. The molecule has 126 valence electrons. The fourth-order valence-electron chi connectivity index (χ4n) is 2.86. The average molecular weight is 382 g/mol. The van der Waals surface area contributed by atoms with Crippen LogP contribution in [0.2, 0.25) is 0 Å². The minimum Gasteiger partial charge on any atom is -0.344 e. The molecular formula is C17H24BrN3O2. The molecule has 1 aliphatic rings. The summed E-state index contributed by atoms with van der Waals surface area (Å²) in [5, 5.41) is 0. The lowest BCUT2D eigenvalue weighted by Crippen LogP contribution is -2.44. The van der Waals surface area contributed by atoms with E-state index in [1.54, 1.807) is 16.8 Å². The molecule has 0 radical (unpaired) electrons. The summed E-state index contributed by atoms with van der Waals surface area (Å²) in [6.45, 7) is 5.64. The average Bonchev–Trinajstić information content (AvgIpc) is 2.87. The van der Waals surface area contributed by atoms with E-state index < -0.39 is 5.92 Å². The van der Waals surface area contributed by atoms with Gasteiger partial charge in [-0.25, -0.2) is 0 Å². The van der Waals surface area contributed by atoms with Crippen LogP contribution in [0.25, 0.3) is 0 Å². The number of anilines is 1. The lowest BCUT2D eigenvalue weighted by molar-refractivity contribution is -0.139. The Morgan fingerprint density at radius 3 is 2.78 bits per heavy atom. The first-order valence-electron chi connectivity index (χ1n) is 7.77. The first-order chi connectivity index (χ1) is 10.7. The number of rotatable bonds is 5. The Kier molecular flexibility index (Phi) is 5.47. The van der Waals surface area contributed by atoms with E-state index in [-0.39, 0.29) is 17.2 Å². The molecule has 1 aliphatic heterocycles. The molecule has 1 aromatic rings. The van der Waals surface area contributed by atoms with Crippen molar-refractivity contribution in [3.8, 4) is 0 Å². The number of carbonyl (C=O) groups is 2. The van der Waals surface area contributed by atoms with E-state index in [0.29, 0.717) is 26.1 Å². The van der Waals surface area contributed by atoms with Crippen molar-refractivity contribution < 1.29 is 9.59 Å². The maximum atomic E-state index is 12.6. The Bertz CT molecular complexity index is 603. The highest BCUT2D eigenvalue weighted by Gasteiger charge is 2.39. The molecule has 1 fully saturated rings. The van der Waals surface area contributed by atoms with E-state index in [2.05, 4.69) is 15.9 Å². The zero-order valence-electron chi connectivity index (χ0n) is 13.9. The van der Waals surface area contributed by atoms with Crippen molar-refractivity contribution in [1.29, 1.82) is 0 Å². The quantitative estimate of drug-likeness (QED) is 0.795. The monoisotopic (exact) mass is 381 g/mol. The van der Waals surface area contributed by atoms with Gasteiger partial charge in [-0.2, -0.15) is 0 Å². The van der Waals surface area contributed by atoms with Crippen LogP contribution in [0.4, 0.5) is 5.69 Å². The maximum Gasteiger partial charge on any atom is 0.239 e. The van der Waals surface area contributed by atoms with E-state index in [9.17, 15) is 9.59 Å². The largest absolute Gasteiger partial charge is 0.344 e. The maximum absolute atomic E-state index is 12.6. The number of halogens is 1. The molecule has 1 saturated heterocycles. The number of benzene rings is 1. The van der Waals surface area contributed by atoms with Gasteiger partial charge in [-0.3, -0.25) is 9.59 Å². The summed E-state index contributed by atoms with van der Waals surface area (Å²) >= 11 is 3.41. The molecular weight excluding hydrogens is 358 g/mol. The minimum absolute atomic E-state index is 0.117. The third kappa shape index (κ3) is 4.12. The van der Waals surface area contributed by atoms with Crippen molar-refractivity contribution >= 4 is 33.4 Å². The predicted molar refractivity (Wildman–Crippen MR) is 95.1 cm³/mol. The van der Waals surface area contributed by atoms with Gasteiger partial charge in [0.2, 0.25) is 11.8 Å². The van der Waals surface area contributed by atoms with Gasteiger partial charge < -0.3 is 15.5 Å². The standard InChI is InChI=1S/C17H24BrN3O2/c1-17(2,10-19)11-20(3)15(22)14-7-8-21(16(14)23)13-6-4-5-12(18)9-13/h4-6,9,14H,7-8,10-11,19H2,1-3H3.